The topological polar surface area (TPSA) is 129 Å². The van der Waals surface area contributed by atoms with E-state index in [1.54, 1.807) is 36.4 Å². The van der Waals surface area contributed by atoms with Crippen LogP contribution in [0.1, 0.15) is 26.3 Å². The second kappa shape index (κ2) is 10.1. The summed E-state index contributed by atoms with van der Waals surface area (Å²) in [7, 11) is 0. The molecule has 1 aliphatic rings. The summed E-state index contributed by atoms with van der Waals surface area (Å²) >= 11 is 3.34. The smallest absolute Gasteiger partial charge is 0.343 e. The Morgan fingerprint density at radius 2 is 1.71 bits per heavy atom. The molecule has 1 N–H and O–H groups in total. The molecule has 11 heteroatoms. The lowest BCUT2D eigenvalue weighted by Crippen LogP contribution is -2.19. The third kappa shape index (κ3) is 5.38. The van der Waals surface area contributed by atoms with Gasteiger partial charge in [-0.1, -0.05) is 15.9 Å². The maximum atomic E-state index is 12.5. The van der Waals surface area contributed by atoms with Gasteiger partial charge in [-0.05, 0) is 48.5 Å². The first-order chi connectivity index (χ1) is 16.4. The summed E-state index contributed by atoms with van der Waals surface area (Å²) in [5.74, 6) is 0.0685. The van der Waals surface area contributed by atoms with E-state index in [1.807, 2.05) is 0 Å². The van der Waals surface area contributed by atoms with Crippen LogP contribution in [0.4, 0.5) is 5.69 Å². The molecule has 10 nitrogen and oxygen atoms in total. The summed E-state index contributed by atoms with van der Waals surface area (Å²) in [6, 6.07) is 14.7. The maximum Gasteiger partial charge on any atom is 0.343 e. The van der Waals surface area contributed by atoms with Crippen molar-refractivity contribution in [3.63, 3.8) is 0 Å². The molecule has 3 aromatic carbocycles. The van der Waals surface area contributed by atoms with Gasteiger partial charge in [-0.15, -0.1) is 0 Å². The van der Waals surface area contributed by atoms with Crippen molar-refractivity contribution in [1.29, 1.82) is 0 Å². The molecule has 0 aromatic heterocycles. The van der Waals surface area contributed by atoms with Gasteiger partial charge in [0.05, 0.1) is 16.7 Å². The molecule has 1 amide bonds. The number of halogens is 1. The van der Waals surface area contributed by atoms with Gasteiger partial charge in [0.15, 0.2) is 11.5 Å². The molecule has 0 saturated carbocycles. The number of nitro groups is 1. The quantitative estimate of drug-likeness (QED) is 0.168. The Balaban J connectivity index is 1.46. The first-order valence-corrected chi connectivity index (χ1v) is 10.7. The van der Waals surface area contributed by atoms with Crippen LogP contribution in [0.5, 0.6) is 17.2 Å². The first-order valence-electron chi connectivity index (χ1n) is 9.90. The summed E-state index contributed by atoms with van der Waals surface area (Å²) < 4.78 is 17.0. The number of rotatable bonds is 6. The minimum atomic E-state index is -0.702. The van der Waals surface area contributed by atoms with Gasteiger partial charge in [0.2, 0.25) is 0 Å². The lowest BCUT2D eigenvalue weighted by molar-refractivity contribution is -0.384. The number of ether oxygens (including phenoxy) is 3. The van der Waals surface area contributed by atoms with Crippen LogP contribution in [-0.4, -0.2) is 36.2 Å². The van der Waals surface area contributed by atoms with Crippen LogP contribution in [0.2, 0.25) is 0 Å². The summed E-state index contributed by atoms with van der Waals surface area (Å²) in [5, 5.41) is 14.7. The number of nitrogens with zero attached hydrogens (tertiary/aromatic N) is 2. The molecule has 0 unspecified atom stereocenters. The fraction of sp³-hybridized carbons (Fsp3) is 0.0870. The van der Waals surface area contributed by atoms with Crippen LogP contribution in [0.15, 0.2) is 70.2 Å². The maximum absolute atomic E-state index is 12.5. The Morgan fingerprint density at radius 3 is 2.44 bits per heavy atom. The van der Waals surface area contributed by atoms with Crippen LogP contribution >= 0.6 is 15.9 Å². The number of benzene rings is 3. The minimum Gasteiger partial charge on any atom is -0.486 e. The van der Waals surface area contributed by atoms with Crippen LogP contribution in [0.25, 0.3) is 0 Å². The van der Waals surface area contributed by atoms with Crippen molar-refractivity contribution in [3.05, 3.63) is 91.9 Å². The molecule has 0 atom stereocenters. The molecule has 1 aliphatic heterocycles. The Hall–Kier alpha value is -4.25. The molecule has 34 heavy (non-hydrogen) atoms. The molecule has 0 radical (unpaired) electrons. The van der Waals surface area contributed by atoms with Gasteiger partial charge in [0.25, 0.3) is 11.6 Å². The van der Waals surface area contributed by atoms with Gasteiger partial charge >= 0.3 is 5.97 Å². The van der Waals surface area contributed by atoms with E-state index in [-0.39, 0.29) is 17.0 Å². The highest BCUT2D eigenvalue weighted by Crippen LogP contribution is 2.30. The molecule has 0 saturated heterocycles. The van der Waals surface area contributed by atoms with E-state index < -0.39 is 16.8 Å². The molecule has 172 valence electrons. The molecule has 0 aliphatic carbocycles. The van der Waals surface area contributed by atoms with Crippen molar-refractivity contribution < 1.29 is 28.7 Å². The van der Waals surface area contributed by atoms with Crippen molar-refractivity contribution in [2.24, 2.45) is 5.10 Å². The number of carbonyl (C=O) groups is 2. The number of amides is 1. The largest absolute Gasteiger partial charge is 0.486 e. The highest BCUT2D eigenvalue weighted by molar-refractivity contribution is 9.10. The van der Waals surface area contributed by atoms with E-state index in [4.69, 9.17) is 14.2 Å². The Bertz CT molecular complexity index is 1290. The molecule has 0 spiro atoms. The van der Waals surface area contributed by atoms with Gasteiger partial charge < -0.3 is 14.2 Å². The predicted molar refractivity (Wildman–Crippen MR) is 125 cm³/mol. The number of hydrazone groups is 1. The second-order valence-electron chi connectivity index (χ2n) is 6.93. The van der Waals surface area contributed by atoms with Gasteiger partial charge in [-0.25, -0.2) is 10.2 Å². The van der Waals surface area contributed by atoms with Crippen molar-refractivity contribution >= 4 is 39.7 Å². The summed E-state index contributed by atoms with van der Waals surface area (Å²) in [4.78, 5) is 35.1. The SMILES string of the molecule is O=C(NN=Cc1cc(Br)ccc1OC(=O)c1ccc([N+](=O)[O-])cc1)c1ccc2c(c1)OCCO2. The lowest BCUT2D eigenvalue weighted by Gasteiger charge is -2.18. The Morgan fingerprint density at radius 1 is 1.00 bits per heavy atom. The van der Waals surface area contributed by atoms with Crippen LogP contribution < -0.4 is 19.6 Å². The van der Waals surface area contributed by atoms with Crippen molar-refractivity contribution in [2.45, 2.75) is 0 Å². The number of esters is 1. The number of carbonyl (C=O) groups excluding carboxylic acids is 2. The number of nitrogens with one attached hydrogen (secondary N) is 1. The third-order valence-electron chi connectivity index (χ3n) is 4.66. The van der Waals surface area contributed by atoms with Gasteiger partial charge in [0.1, 0.15) is 19.0 Å². The minimum absolute atomic E-state index is 0.137. The number of hydrogen-bond donors (Lipinski definition) is 1. The van der Waals surface area contributed by atoms with Crippen molar-refractivity contribution in [2.75, 3.05) is 13.2 Å². The van der Waals surface area contributed by atoms with E-state index >= 15 is 0 Å². The fourth-order valence-corrected chi connectivity index (χ4v) is 3.38. The van der Waals surface area contributed by atoms with E-state index in [9.17, 15) is 19.7 Å². The zero-order valence-electron chi connectivity index (χ0n) is 17.4. The van der Waals surface area contributed by atoms with Gasteiger partial charge in [0, 0.05) is 27.7 Å². The van der Waals surface area contributed by atoms with Gasteiger partial charge in [-0.3, -0.25) is 14.9 Å². The molecule has 0 fully saturated rings. The molecular weight excluding hydrogens is 510 g/mol. The zero-order valence-corrected chi connectivity index (χ0v) is 19.0. The third-order valence-corrected chi connectivity index (χ3v) is 5.16. The number of nitro benzene ring substituents is 1. The normalized spacial score (nSPS) is 12.3. The lowest BCUT2D eigenvalue weighted by atomic mass is 10.2. The molecule has 3 aromatic rings. The average Bonchev–Trinajstić information content (AvgIpc) is 2.85. The van der Waals surface area contributed by atoms with E-state index in [0.717, 1.165) is 0 Å². The summed E-state index contributed by atoms with van der Waals surface area (Å²) in [6.45, 7) is 0.854. The predicted octanol–water partition coefficient (Wildman–Crippen LogP) is 4.11. The zero-order chi connectivity index (χ0) is 24.1. The second-order valence-corrected chi connectivity index (χ2v) is 7.85. The standard InChI is InChI=1S/C23H16BrN3O7/c24-17-4-8-19(34-23(29)14-1-5-18(6-2-14)27(30)31)16(11-17)13-25-26-22(28)15-3-7-20-21(12-15)33-10-9-32-20/h1-8,11-13H,9-10H2,(H,26,28). The monoisotopic (exact) mass is 525 g/mol. The molecule has 1 heterocycles. The molecular formula is C23H16BrN3O7. The van der Waals surface area contributed by atoms with Gasteiger partial charge in [-0.2, -0.15) is 5.10 Å². The summed E-state index contributed by atoms with van der Waals surface area (Å²) in [5.41, 5.74) is 3.17. The fourth-order valence-electron chi connectivity index (χ4n) is 3.00. The number of non-ortho nitro benzene ring substituents is 1. The Kier molecular flexibility index (Phi) is 6.83. The number of hydrogen-bond acceptors (Lipinski definition) is 8. The van der Waals surface area contributed by atoms with Crippen LogP contribution in [-0.2, 0) is 0 Å². The van der Waals surface area contributed by atoms with Crippen LogP contribution in [0, 0.1) is 10.1 Å². The molecule has 4 rings (SSSR count). The highest BCUT2D eigenvalue weighted by Gasteiger charge is 2.16. The van der Waals surface area contributed by atoms with Crippen LogP contribution in [0.3, 0.4) is 0 Å². The van der Waals surface area contributed by atoms with E-state index in [0.29, 0.717) is 40.3 Å². The van der Waals surface area contributed by atoms with Crippen molar-refractivity contribution in [3.8, 4) is 17.2 Å². The van der Waals surface area contributed by atoms with Crippen molar-refractivity contribution in [1.82, 2.24) is 5.43 Å². The summed E-state index contributed by atoms with van der Waals surface area (Å²) in [6.07, 6.45) is 1.33. The van der Waals surface area contributed by atoms with E-state index in [1.165, 1.54) is 30.5 Å². The first kappa shape index (κ1) is 22.9. The Labute approximate surface area is 201 Å². The van der Waals surface area contributed by atoms with E-state index in [2.05, 4.69) is 26.5 Å². The molecule has 0 bridgehead atoms. The highest BCUT2D eigenvalue weighted by atomic mass is 79.9. The number of fused-ring (bicyclic) bond motifs is 1. The average molecular weight is 526 g/mol.